The molecule has 1 amide bonds. The van der Waals surface area contributed by atoms with Crippen molar-refractivity contribution in [3.05, 3.63) is 53.1 Å². The first kappa shape index (κ1) is 22.9. The highest BCUT2D eigenvalue weighted by atomic mass is 32.2. The van der Waals surface area contributed by atoms with Gasteiger partial charge < -0.3 is 19.5 Å². The molecule has 0 bridgehead atoms. The van der Waals surface area contributed by atoms with E-state index >= 15 is 0 Å². The number of hydrogen-bond donors (Lipinski definition) is 1. The molecule has 1 aliphatic rings. The van der Waals surface area contributed by atoms with Crippen LogP contribution in [0.5, 0.6) is 17.2 Å². The molecule has 0 spiro atoms. The van der Waals surface area contributed by atoms with Crippen molar-refractivity contribution in [3.63, 3.8) is 0 Å². The van der Waals surface area contributed by atoms with E-state index in [1.165, 1.54) is 11.4 Å². The second kappa shape index (κ2) is 10.0. The number of rotatable bonds is 9. The average Bonchev–Trinajstić information content (AvgIpc) is 2.78. The Kier molecular flexibility index (Phi) is 7.40. The highest BCUT2D eigenvalue weighted by molar-refractivity contribution is 7.89. The third-order valence-corrected chi connectivity index (χ3v) is 7.10. The van der Waals surface area contributed by atoms with E-state index < -0.39 is 10.0 Å². The fraction of sp³-hybridized carbons (Fsp3) is 0.409. The fourth-order valence-corrected chi connectivity index (χ4v) is 4.88. The number of nitrogens with zero attached hydrogens (tertiary/aromatic N) is 1. The zero-order valence-corrected chi connectivity index (χ0v) is 18.8. The number of carbonyl (C=O) groups is 1. The maximum absolute atomic E-state index is 12.7. The van der Waals surface area contributed by atoms with Crippen LogP contribution in [0.3, 0.4) is 0 Å². The fourth-order valence-electron chi connectivity index (χ4n) is 3.55. The standard InChI is InChI=1S/C22H28N2O6S/c1-28-19-6-5-18-15-24(10-8-17(18)14-19)31(26,27)11-9-23-22(25)13-16-4-7-20(29-2)21(12-16)30-3/h4-7,12,14H,8-11,13,15H2,1-3H3,(H,23,25). The first-order chi connectivity index (χ1) is 14.9. The van der Waals surface area contributed by atoms with Gasteiger partial charge in [0.05, 0.1) is 33.5 Å². The maximum Gasteiger partial charge on any atom is 0.224 e. The number of carbonyl (C=O) groups excluding carboxylic acids is 1. The van der Waals surface area contributed by atoms with E-state index in [1.807, 2.05) is 18.2 Å². The molecule has 31 heavy (non-hydrogen) atoms. The Morgan fingerprint density at radius 3 is 2.48 bits per heavy atom. The Morgan fingerprint density at radius 2 is 1.77 bits per heavy atom. The summed E-state index contributed by atoms with van der Waals surface area (Å²) in [7, 11) is 1.21. The summed E-state index contributed by atoms with van der Waals surface area (Å²) >= 11 is 0. The van der Waals surface area contributed by atoms with Crippen LogP contribution in [0.15, 0.2) is 36.4 Å². The molecule has 8 nitrogen and oxygen atoms in total. The molecule has 0 aromatic heterocycles. The largest absolute Gasteiger partial charge is 0.497 e. The first-order valence-corrected chi connectivity index (χ1v) is 11.6. The normalized spacial score (nSPS) is 13.9. The van der Waals surface area contributed by atoms with Gasteiger partial charge in [-0.2, -0.15) is 4.31 Å². The summed E-state index contributed by atoms with van der Waals surface area (Å²) in [5, 5.41) is 2.69. The topological polar surface area (TPSA) is 94.2 Å². The molecule has 168 valence electrons. The average molecular weight is 449 g/mol. The number of fused-ring (bicyclic) bond motifs is 1. The molecule has 0 saturated heterocycles. The minimum atomic E-state index is -3.48. The van der Waals surface area contributed by atoms with Gasteiger partial charge in [-0.1, -0.05) is 12.1 Å². The summed E-state index contributed by atoms with van der Waals surface area (Å²) in [4.78, 5) is 12.2. The van der Waals surface area contributed by atoms with Crippen molar-refractivity contribution in [3.8, 4) is 17.2 Å². The molecule has 2 aromatic carbocycles. The third kappa shape index (κ3) is 5.68. The van der Waals surface area contributed by atoms with E-state index in [2.05, 4.69) is 5.32 Å². The molecular weight excluding hydrogens is 420 g/mol. The number of hydrogen-bond acceptors (Lipinski definition) is 6. The minimum Gasteiger partial charge on any atom is -0.497 e. The predicted molar refractivity (Wildman–Crippen MR) is 117 cm³/mol. The van der Waals surface area contributed by atoms with Crippen molar-refractivity contribution in [1.29, 1.82) is 0 Å². The molecule has 2 aromatic rings. The van der Waals surface area contributed by atoms with Crippen LogP contribution in [-0.4, -0.2) is 58.8 Å². The lowest BCUT2D eigenvalue weighted by atomic mass is 10.0. The second-order valence-electron chi connectivity index (χ2n) is 7.25. The molecule has 0 fully saturated rings. The monoisotopic (exact) mass is 448 g/mol. The van der Waals surface area contributed by atoms with Crippen molar-refractivity contribution < 1.29 is 27.4 Å². The van der Waals surface area contributed by atoms with E-state index in [-0.39, 0.29) is 24.6 Å². The Bertz CT molecular complexity index is 1040. The van der Waals surface area contributed by atoms with Crippen molar-refractivity contribution >= 4 is 15.9 Å². The van der Waals surface area contributed by atoms with Gasteiger partial charge in [0.15, 0.2) is 11.5 Å². The first-order valence-electron chi connectivity index (χ1n) is 9.97. The lowest BCUT2D eigenvalue weighted by Crippen LogP contribution is -2.40. The number of amides is 1. The van der Waals surface area contributed by atoms with Crippen LogP contribution < -0.4 is 19.5 Å². The van der Waals surface area contributed by atoms with Crippen LogP contribution in [0.2, 0.25) is 0 Å². The van der Waals surface area contributed by atoms with Gasteiger partial charge in [-0.05, 0) is 47.4 Å². The molecule has 0 atom stereocenters. The lowest BCUT2D eigenvalue weighted by molar-refractivity contribution is -0.120. The van der Waals surface area contributed by atoms with E-state index in [0.717, 1.165) is 22.4 Å². The van der Waals surface area contributed by atoms with Crippen LogP contribution in [-0.2, 0) is 34.2 Å². The summed E-state index contributed by atoms with van der Waals surface area (Å²) in [6.07, 6.45) is 0.761. The van der Waals surface area contributed by atoms with Crippen LogP contribution in [0.4, 0.5) is 0 Å². The summed E-state index contributed by atoms with van der Waals surface area (Å²) < 4.78 is 42.6. The number of ether oxygens (including phenoxy) is 3. The molecule has 3 rings (SSSR count). The van der Waals surface area contributed by atoms with E-state index in [0.29, 0.717) is 31.0 Å². The molecule has 0 unspecified atom stereocenters. The van der Waals surface area contributed by atoms with Crippen LogP contribution >= 0.6 is 0 Å². The van der Waals surface area contributed by atoms with Gasteiger partial charge in [-0.15, -0.1) is 0 Å². The molecule has 1 heterocycles. The third-order valence-electron chi connectivity index (χ3n) is 5.28. The Hall–Kier alpha value is -2.78. The number of nitrogens with one attached hydrogen (secondary N) is 1. The molecule has 0 radical (unpaired) electrons. The zero-order chi connectivity index (χ0) is 22.4. The highest BCUT2D eigenvalue weighted by Gasteiger charge is 2.26. The number of methoxy groups -OCH3 is 3. The van der Waals surface area contributed by atoms with E-state index in [9.17, 15) is 13.2 Å². The Labute approximate surface area is 183 Å². The van der Waals surface area contributed by atoms with Crippen LogP contribution in [0.25, 0.3) is 0 Å². The summed E-state index contributed by atoms with van der Waals surface area (Å²) in [6, 6.07) is 10.9. The minimum absolute atomic E-state index is 0.0560. The zero-order valence-electron chi connectivity index (χ0n) is 18.0. The molecular formula is C22H28N2O6S. The number of sulfonamides is 1. The maximum atomic E-state index is 12.7. The predicted octanol–water partition coefficient (Wildman–Crippen LogP) is 1.76. The molecule has 9 heteroatoms. The number of benzene rings is 2. The van der Waals surface area contributed by atoms with Crippen molar-refractivity contribution in [1.82, 2.24) is 9.62 Å². The van der Waals surface area contributed by atoms with Gasteiger partial charge in [0, 0.05) is 19.6 Å². The quantitative estimate of drug-likeness (QED) is 0.628. The SMILES string of the molecule is COc1ccc2c(c1)CCN(S(=O)(=O)CCNC(=O)Cc1ccc(OC)c(OC)c1)C2. The Balaban J connectivity index is 1.52. The Morgan fingerprint density at radius 1 is 1.00 bits per heavy atom. The summed E-state index contributed by atoms with van der Waals surface area (Å²) in [6.45, 7) is 0.809. The van der Waals surface area contributed by atoms with E-state index in [4.69, 9.17) is 14.2 Å². The summed E-state index contributed by atoms with van der Waals surface area (Å²) in [5.74, 6) is 1.50. The molecule has 1 N–H and O–H groups in total. The van der Waals surface area contributed by atoms with Gasteiger partial charge in [0.1, 0.15) is 5.75 Å². The van der Waals surface area contributed by atoms with Crippen molar-refractivity contribution in [2.75, 3.05) is 40.2 Å². The van der Waals surface area contributed by atoms with Gasteiger partial charge in [-0.3, -0.25) is 4.79 Å². The second-order valence-corrected chi connectivity index (χ2v) is 9.34. The lowest BCUT2D eigenvalue weighted by Gasteiger charge is -2.28. The molecule has 0 aliphatic carbocycles. The van der Waals surface area contributed by atoms with Gasteiger partial charge >= 0.3 is 0 Å². The van der Waals surface area contributed by atoms with E-state index in [1.54, 1.807) is 32.4 Å². The van der Waals surface area contributed by atoms with Crippen molar-refractivity contribution in [2.45, 2.75) is 19.4 Å². The van der Waals surface area contributed by atoms with Crippen molar-refractivity contribution in [2.24, 2.45) is 0 Å². The molecule has 1 aliphatic heterocycles. The van der Waals surface area contributed by atoms with Gasteiger partial charge in [-0.25, -0.2) is 8.42 Å². The molecule has 0 saturated carbocycles. The van der Waals surface area contributed by atoms with Gasteiger partial charge in [0.25, 0.3) is 0 Å². The van der Waals surface area contributed by atoms with Gasteiger partial charge in [0.2, 0.25) is 15.9 Å². The smallest absolute Gasteiger partial charge is 0.224 e. The highest BCUT2D eigenvalue weighted by Crippen LogP contribution is 2.28. The van der Waals surface area contributed by atoms with Crippen LogP contribution in [0, 0.1) is 0 Å². The summed E-state index contributed by atoms with van der Waals surface area (Å²) in [5.41, 5.74) is 2.84. The van der Waals surface area contributed by atoms with Crippen LogP contribution in [0.1, 0.15) is 16.7 Å².